The lowest BCUT2D eigenvalue weighted by Crippen LogP contribution is -2.22. The van der Waals surface area contributed by atoms with Crippen LogP contribution >= 0.6 is 11.3 Å². The average molecular weight is 281 g/mol. The summed E-state index contributed by atoms with van der Waals surface area (Å²) >= 11 is 1.89. The Hall–Kier alpha value is -0.610. The average Bonchev–Trinajstić information content (AvgIpc) is 2.94. The van der Waals surface area contributed by atoms with Gasteiger partial charge in [0.15, 0.2) is 5.13 Å². The van der Waals surface area contributed by atoms with Gasteiger partial charge >= 0.3 is 0 Å². The van der Waals surface area contributed by atoms with Gasteiger partial charge in [-0.25, -0.2) is 4.98 Å². The number of nitrogens with one attached hydrogen (secondary N) is 1. The normalized spacial score (nSPS) is 16.0. The summed E-state index contributed by atoms with van der Waals surface area (Å²) < 4.78 is 0. The highest BCUT2D eigenvalue weighted by atomic mass is 32.1. The number of hydrogen-bond acceptors (Lipinski definition) is 4. The van der Waals surface area contributed by atoms with Gasteiger partial charge in [-0.05, 0) is 25.2 Å². The maximum Gasteiger partial charge on any atom is 0.185 e. The van der Waals surface area contributed by atoms with Crippen molar-refractivity contribution in [2.24, 2.45) is 5.92 Å². The van der Waals surface area contributed by atoms with Gasteiger partial charge in [-0.3, -0.25) is 0 Å². The van der Waals surface area contributed by atoms with E-state index >= 15 is 0 Å². The first-order chi connectivity index (χ1) is 9.06. The molecule has 2 rings (SSSR count). The van der Waals surface area contributed by atoms with Crippen molar-refractivity contribution >= 4 is 16.5 Å². The molecular weight excluding hydrogens is 254 g/mol. The predicted octanol–water partition coefficient (Wildman–Crippen LogP) is 3.44. The van der Waals surface area contributed by atoms with Crippen molar-refractivity contribution < 1.29 is 0 Å². The number of nitrogens with zero attached hydrogens (tertiary/aromatic N) is 2. The number of thiazole rings is 1. The second kappa shape index (κ2) is 6.71. The van der Waals surface area contributed by atoms with E-state index in [0.717, 1.165) is 13.0 Å². The van der Waals surface area contributed by atoms with E-state index in [-0.39, 0.29) is 0 Å². The Balaban J connectivity index is 2.12. The summed E-state index contributed by atoms with van der Waals surface area (Å²) in [5.41, 5.74) is 1.31. The standard InChI is InChI=1S/C15H27N3S/c1-11(2)9-13-14(10-16-12(3)4)19-15(17-13)18-7-5-6-8-18/h11-12,16H,5-10H2,1-4H3. The monoisotopic (exact) mass is 281 g/mol. The lowest BCUT2D eigenvalue weighted by atomic mass is 10.1. The molecule has 0 aliphatic carbocycles. The van der Waals surface area contributed by atoms with Crippen LogP contribution in [0.15, 0.2) is 0 Å². The van der Waals surface area contributed by atoms with Crippen molar-refractivity contribution in [1.82, 2.24) is 10.3 Å². The van der Waals surface area contributed by atoms with Gasteiger partial charge in [0.25, 0.3) is 0 Å². The molecule has 4 heteroatoms. The molecule has 0 amide bonds. The molecule has 0 unspecified atom stereocenters. The first-order valence-electron chi connectivity index (χ1n) is 7.53. The second-order valence-electron chi connectivity index (χ2n) is 6.19. The molecule has 1 aliphatic heterocycles. The maximum absolute atomic E-state index is 4.91. The minimum atomic E-state index is 0.532. The molecule has 0 radical (unpaired) electrons. The Kier molecular flexibility index (Phi) is 5.22. The number of aromatic nitrogens is 1. The summed E-state index contributed by atoms with van der Waals surface area (Å²) in [6.07, 6.45) is 3.73. The summed E-state index contributed by atoms with van der Waals surface area (Å²) in [6.45, 7) is 12.3. The van der Waals surface area contributed by atoms with Crippen molar-refractivity contribution in [2.45, 2.75) is 59.5 Å². The third kappa shape index (κ3) is 4.18. The topological polar surface area (TPSA) is 28.2 Å². The van der Waals surface area contributed by atoms with E-state index in [4.69, 9.17) is 4.98 Å². The van der Waals surface area contributed by atoms with E-state index in [9.17, 15) is 0 Å². The first kappa shape index (κ1) is 14.8. The summed E-state index contributed by atoms with van der Waals surface area (Å²) in [6, 6.07) is 0.532. The summed E-state index contributed by atoms with van der Waals surface area (Å²) in [4.78, 5) is 8.80. The second-order valence-corrected chi connectivity index (χ2v) is 7.26. The van der Waals surface area contributed by atoms with E-state index in [1.165, 1.54) is 41.6 Å². The van der Waals surface area contributed by atoms with E-state index in [1.54, 1.807) is 0 Å². The maximum atomic E-state index is 4.91. The molecule has 108 valence electrons. The Morgan fingerprint density at radius 1 is 1.21 bits per heavy atom. The van der Waals surface area contributed by atoms with E-state index in [2.05, 4.69) is 37.9 Å². The molecule has 0 spiro atoms. The van der Waals surface area contributed by atoms with Crippen LogP contribution in [0.4, 0.5) is 5.13 Å². The molecule has 0 saturated carbocycles. The van der Waals surface area contributed by atoms with Crippen molar-refractivity contribution in [3.63, 3.8) is 0 Å². The zero-order valence-corrected chi connectivity index (χ0v) is 13.5. The van der Waals surface area contributed by atoms with Gasteiger partial charge in [0.2, 0.25) is 0 Å². The first-order valence-corrected chi connectivity index (χ1v) is 8.35. The molecule has 3 nitrogen and oxygen atoms in total. The molecule has 0 atom stereocenters. The predicted molar refractivity (Wildman–Crippen MR) is 84.1 cm³/mol. The van der Waals surface area contributed by atoms with Crippen molar-refractivity contribution in [1.29, 1.82) is 0 Å². The molecule has 1 fully saturated rings. The van der Waals surface area contributed by atoms with Crippen molar-refractivity contribution in [2.75, 3.05) is 18.0 Å². The van der Waals surface area contributed by atoms with Gasteiger partial charge in [-0.2, -0.15) is 0 Å². The highest BCUT2D eigenvalue weighted by Crippen LogP contribution is 2.30. The molecule has 2 heterocycles. The van der Waals surface area contributed by atoms with Crippen LogP contribution in [0.5, 0.6) is 0 Å². The number of anilines is 1. The fraction of sp³-hybridized carbons (Fsp3) is 0.800. The van der Waals surface area contributed by atoms with Crippen LogP contribution < -0.4 is 10.2 Å². The van der Waals surface area contributed by atoms with Gasteiger partial charge < -0.3 is 10.2 Å². The van der Waals surface area contributed by atoms with Crippen LogP contribution in [0.2, 0.25) is 0 Å². The van der Waals surface area contributed by atoms with Crippen LogP contribution in [-0.2, 0) is 13.0 Å². The third-order valence-corrected chi connectivity index (χ3v) is 4.57. The lowest BCUT2D eigenvalue weighted by Gasteiger charge is -2.12. The molecule has 1 aliphatic rings. The highest BCUT2D eigenvalue weighted by Gasteiger charge is 2.19. The summed E-state index contributed by atoms with van der Waals surface area (Å²) in [7, 11) is 0. The van der Waals surface area contributed by atoms with Gasteiger partial charge in [0.1, 0.15) is 0 Å². The van der Waals surface area contributed by atoms with Gasteiger partial charge in [-0.15, -0.1) is 11.3 Å². The van der Waals surface area contributed by atoms with Crippen LogP contribution in [0, 0.1) is 5.92 Å². The zero-order chi connectivity index (χ0) is 13.8. The van der Waals surface area contributed by atoms with Crippen LogP contribution in [0.1, 0.15) is 51.1 Å². The van der Waals surface area contributed by atoms with Crippen molar-refractivity contribution in [3.05, 3.63) is 10.6 Å². The minimum Gasteiger partial charge on any atom is -0.348 e. The highest BCUT2D eigenvalue weighted by molar-refractivity contribution is 7.15. The fourth-order valence-electron chi connectivity index (χ4n) is 2.39. The zero-order valence-electron chi connectivity index (χ0n) is 12.7. The van der Waals surface area contributed by atoms with Crippen LogP contribution in [0.25, 0.3) is 0 Å². The molecule has 1 aromatic heterocycles. The fourth-order valence-corrected chi connectivity index (χ4v) is 3.48. The quantitative estimate of drug-likeness (QED) is 0.866. The molecule has 1 aromatic rings. The Morgan fingerprint density at radius 3 is 2.47 bits per heavy atom. The van der Waals surface area contributed by atoms with E-state index in [1.807, 2.05) is 11.3 Å². The molecular formula is C15H27N3S. The smallest absolute Gasteiger partial charge is 0.185 e. The number of rotatable bonds is 6. The summed E-state index contributed by atoms with van der Waals surface area (Å²) in [5, 5.41) is 4.78. The Morgan fingerprint density at radius 2 is 1.89 bits per heavy atom. The van der Waals surface area contributed by atoms with Gasteiger partial charge in [-0.1, -0.05) is 27.7 Å². The van der Waals surface area contributed by atoms with Gasteiger partial charge in [0, 0.05) is 30.6 Å². The Labute approximate surface area is 121 Å². The number of hydrogen-bond donors (Lipinski definition) is 1. The minimum absolute atomic E-state index is 0.532. The van der Waals surface area contributed by atoms with Crippen molar-refractivity contribution in [3.8, 4) is 0 Å². The van der Waals surface area contributed by atoms with E-state index < -0.39 is 0 Å². The summed E-state index contributed by atoms with van der Waals surface area (Å²) in [5.74, 6) is 0.673. The van der Waals surface area contributed by atoms with Crippen LogP contribution in [0.3, 0.4) is 0 Å². The van der Waals surface area contributed by atoms with E-state index in [0.29, 0.717) is 12.0 Å². The largest absolute Gasteiger partial charge is 0.348 e. The van der Waals surface area contributed by atoms with Crippen LogP contribution in [-0.4, -0.2) is 24.1 Å². The Bertz CT molecular complexity index is 392. The van der Waals surface area contributed by atoms with Gasteiger partial charge in [0.05, 0.1) is 5.69 Å². The molecule has 0 bridgehead atoms. The lowest BCUT2D eigenvalue weighted by molar-refractivity contribution is 0.581. The molecule has 1 saturated heterocycles. The molecule has 0 aromatic carbocycles. The molecule has 1 N–H and O–H groups in total. The SMILES string of the molecule is CC(C)Cc1nc(N2CCCC2)sc1CNC(C)C. The molecule has 19 heavy (non-hydrogen) atoms. The third-order valence-electron chi connectivity index (χ3n) is 3.42.